The number of carbonyl (C=O) groups excluding carboxylic acids is 1. The highest BCUT2D eigenvalue weighted by atomic mass is 16.1. The molecule has 1 atom stereocenters. The highest BCUT2D eigenvalue weighted by Gasteiger charge is 2.20. The van der Waals surface area contributed by atoms with E-state index in [1.165, 1.54) is 0 Å². The number of nitrogens with zero attached hydrogens (tertiary/aromatic N) is 1. The second kappa shape index (κ2) is 7.96. The zero-order valence-electron chi connectivity index (χ0n) is 12.5. The first kappa shape index (κ1) is 15.7. The molecule has 3 N–H and O–H groups in total. The minimum absolute atomic E-state index is 0.0496. The molecule has 21 heavy (non-hydrogen) atoms. The van der Waals surface area contributed by atoms with Crippen molar-refractivity contribution in [3.05, 3.63) is 48.6 Å². The first-order valence-electron chi connectivity index (χ1n) is 7.62. The van der Waals surface area contributed by atoms with E-state index in [0.717, 1.165) is 38.0 Å². The lowest BCUT2D eigenvalue weighted by atomic mass is 10.0. The molecule has 2 rings (SSSR count). The molecule has 1 aliphatic heterocycles. The quantitative estimate of drug-likeness (QED) is 0.785. The molecule has 1 aromatic rings. The molecule has 1 aliphatic rings. The number of carbonyl (C=O) groups is 1. The predicted molar refractivity (Wildman–Crippen MR) is 85.8 cm³/mol. The van der Waals surface area contributed by atoms with Gasteiger partial charge in [0, 0.05) is 38.1 Å². The van der Waals surface area contributed by atoms with E-state index in [1.54, 1.807) is 0 Å². The van der Waals surface area contributed by atoms with Gasteiger partial charge in [-0.1, -0.05) is 36.4 Å². The SMILES string of the molecule is C=CCN1CCC(NC(=O)CC(N)c2ccccc2)CC1. The van der Waals surface area contributed by atoms with Crippen LogP contribution in [0, 0.1) is 0 Å². The van der Waals surface area contributed by atoms with Crippen molar-refractivity contribution in [3.63, 3.8) is 0 Å². The topological polar surface area (TPSA) is 58.4 Å². The predicted octanol–water partition coefficient (Wildman–Crippen LogP) is 1.84. The normalized spacial score (nSPS) is 18.1. The Balaban J connectivity index is 1.74. The molecule has 114 valence electrons. The molecular formula is C17H25N3O. The molecule has 0 aromatic heterocycles. The van der Waals surface area contributed by atoms with Gasteiger partial charge in [0.1, 0.15) is 0 Å². The van der Waals surface area contributed by atoms with Gasteiger partial charge in [0.25, 0.3) is 0 Å². The molecular weight excluding hydrogens is 262 g/mol. The summed E-state index contributed by atoms with van der Waals surface area (Å²) in [6, 6.07) is 9.82. The maximum atomic E-state index is 12.1. The van der Waals surface area contributed by atoms with E-state index in [9.17, 15) is 4.79 Å². The summed E-state index contributed by atoms with van der Waals surface area (Å²) in [5.74, 6) is 0.0496. The molecule has 1 aromatic carbocycles. The standard InChI is InChI=1S/C17H25N3O/c1-2-10-20-11-8-15(9-12-20)19-17(21)13-16(18)14-6-4-3-5-7-14/h2-7,15-16H,1,8-13,18H2,(H,19,21). The van der Waals surface area contributed by atoms with Crippen LogP contribution in [0.3, 0.4) is 0 Å². The molecule has 4 heteroatoms. The maximum absolute atomic E-state index is 12.1. The Labute approximate surface area is 127 Å². The lowest BCUT2D eigenvalue weighted by Gasteiger charge is -2.31. The van der Waals surface area contributed by atoms with E-state index in [-0.39, 0.29) is 18.0 Å². The summed E-state index contributed by atoms with van der Waals surface area (Å²) in [5.41, 5.74) is 7.09. The number of benzene rings is 1. The van der Waals surface area contributed by atoms with Crippen molar-refractivity contribution in [1.29, 1.82) is 0 Å². The van der Waals surface area contributed by atoms with Crippen LogP contribution in [-0.2, 0) is 4.79 Å². The second-order valence-corrected chi connectivity index (χ2v) is 5.65. The van der Waals surface area contributed by atoms with Gasteiger partial charge in [-0.25, -0.2) is 0 Å². The smallest absolute Gasteiger partial charge is 0.222 e. The van der Waals surface area contributed by atoms with Crippen LogP contribution in [0.25, 0.3) is 0 Å². The molecule has 0 aliphatic carbocycles. The average Bonchev–Trinajstić information content (AvgIpc) is 2.50. The third kappa shape index (κ3) is 4.99. The zero-order valence-corrected chi connectivity index (χ0v) is 12.5. The molecule has 1 saturated heterocycles. The zero-order chi connectivity index (χ0) is 15.1. The Hall–Kier alpha value is -1.65. The fourth-order valence-corrected chi connectivity index (χ4v) is 2.75. The summed E-state index contributed by atoms with van der Waals surface area (Å²) >= 11 is 0. The van der Waals surface area contributed by atoms with Crippen molar-refractivity contribution in [2.45, 2.75) is 31.3 Å². The molecule has 4 nitrogen and oxygen atoms in total. The molecule has 1 unspecified atom stereocenters. The lowest BCUT2D eigenvalue weighted by Crippen LogP contribution is -2.45. The molecule has 1 heterocycles. The molecule has 0 radical (unpaired) electrons. The van der Waals surface area contributed by atoms with Crippen LogP contribution in [0.15, 0.2) is 43.0 Å². The van der Waals surface area contributed by atoms with Crippen LogP contribution in [0.4, 0.5) is 0 Å². The van der Waals surface area contributed by atoms with E-state index >= 15 is 0 Å². The van der Waals surface area contributed by atoms with Crippen molar-refractivity contribution in [3.8, 4) is 0 Å². The van der Waals surface area contributed by atoms with Crippen LogP contribution in [0.5, 0.6) is 0 Å². The van der Waals surface area contributed by atoms with Crippen LogP contribution in [0.1, 0.15) is 30.9 Å². The summed E-state index contributed by atoms with van der Waals surface area (Å²) in [6.45, 7) is 6.72. The van der Waals surface area contributed by atoms with Crippen molar-refractivity contribution in [2.24, 2.45) is 5.73 Å². The van der Waals surface area contributed by atoms with Gasteiger partial charge in [-0.15, -0.1) is 6.58 Å². The Bertz CT molecular complexity index is 452. The number of hydrogen-bond donors (Lipinski definition) is 2. The van der Waals surface area contributed by atoms with E-state index in [2.05, 4.69) is 16.8 Å². The Morgan fingerprint density at radius 1 is 1.38 bits per heavy atom. The third-order valence-electron chi connectivity index (χ3n) is 3.97. The van der Waals surface area contributed by atoms with Gasteiger partial charge < -0.3 is 11.1 Å². The fraction of sp³-hybridized carbons (Fsp3) is 0.471. The van der Waals surface area contributed by atoms with Crippen molar-refractivity contribution < 1.29 is 4.79 Å². The van der Waals surface area contributed by atoms with Crippen LogP contribution in [0.2, 0.25) is 0 Å². The van der Waals surface area contributed by atoms with Crippen molar-refractivity contribution in [2.75, 3.05) is 19.6 Å². The summed E-state index contributed by atoms with van der Waals surface area (Å²) in [6.07, 6.45) is 4.27. The van der Waals surface area contributed by atoms with E-state index < -0.39 is 0 Å². The van der Waals surface area contributed by atoms with Gasteiger partial charge in [0.05, 0.1) is 0 Å². The summed E-state index contributed by atoms with van der Waals surface area (Å²) in [5, 5.41) is 3.11. The number of likely N-dealkylation sites (tertiary alicyclic amines) is 1. The van der Waals surface area contributed by atoms with Gasteiger partial charge >= 0.3 is 0 Å². The summed E-state index contributed by atoms with van der Waals surface area (Å²) in [4.78, 5) is 14.4. The molecule has 0 bridgehead atoms. The minimum atomic E-state index is -0.230. The van der Waals surface area contributed by atoms with Crippen molar-refractivity contribution in [1.82, 2.24) is 10.2 Å². The average molecular weight is 287 g/mol. The summed E-state index contributed by atoms with van der Waals surface area (Å²) in [7, 11) is 0. The van der Waals surface area contributed by atoms with Crippen LogP contribution < -0.4 is 11.1 Å². The van der Waals surface area contributed by atoms with Gasteiger partial charge in [0.2, 0.25) is 5.91 Å². The van der Waals surface area contributed by atoms with Crippen LogP contribution >= 0.6 is 0 Å². The highest BCUT2D eigenvalue weighted by molar-refractivity contribution is 5.77. The van der Waals surface area contributed by atoms with Gasteiger partial charge in [-0.2, -0.15) is 0 Å². The second-order valence-electron chi connectivity index (χ2n) is 5.65. The molecule has 1 fully saturated rings. The van der Waals surface area contributed by atoms with Crippen molar-refractivity contribution >= 4 is 5.91 Å². The van der Waals surface area contributed by atoms with Gasteiger partial charge in [0.15, 0.2) is 0 Å². The van der Waals surface area contributed by atoms with E-state index in [0.29, 0.717) is 6.42 Å². The van der Waals surface area contributed by atoms with E-state index in [1.807, 2.05) is 36.4 Å². The first-order chi connectivity index (χ1) is 10.2. The molecule has 1 amide bonds. The highest BCUT2D eigenvalue weighted by Crippen LogP contribution is 2.14. The number of nitrogens with one attached hydrogen (secondary N) is 1. The monoisotopic (exact) mass is 287 g/mol. The van der Waals surface area contributed by atoms with Gasteiger partial charge in [-0.05, 0) is 18.4 Å². The number of nitrogens with two attached hydrogens (primary N) is 1. The number of amides is 1. The van der Waals surface area contributed by atoms with Gasteiger partial charge in [-0.3, -0.25) is 9.69 Å². The number of rotatable bonds is 6. The lowest BCUT2D eigenvalue weighted by molar-refractivity contribution is -0.122. The maximum Gasteiger partial charge on any atom is 0.222 e. The molecule has 0 saturated carbocycles. The number of piperidine rings is 1. The fourth-order valence-electron chi connectivity index (χ4n) is 2.75. The Morgan fingerprint density at radius 3 is 2.67 bits per heavy atom. The van der Waals surface area contributed by atoms with E-state index in [4.69, 9.17) is 5.73 Å². The first-order valence-corrected chi connectivity index (χ1v) is 7.62. The summed E-state index contributed by atoms with van der Waals surface area (Å²) < 4.78 is 0. The van der Waals surface area contributed by atoms with Crippen LogP contribution in [-0.4, -0.2) is 36.5 Å². The largest absolute Gasteiger partial charge is 0.353 e. The number of hydrogen-bond acceptors (Lipinski definition) is 3. The molecule has 0 spiro atoms. The Morgan fingerprint density at radius 2 is 2.05 bits per heavy atom. The third-order valence-corrected chi connectivity index (χ3v) is 3.97. The Kier molecular flexibility index (Phi) is 5.96. The minimum Gasteiger partial charge on any atom is -0.353 e.